The topological polar surface area (TPSA) is 263 Å². The fourth-order valence-corrected chi connectivity index (χ4v) is 8.46. The van der Waals surface area contributed by atoms with Crippen LogP contribution < -0.4 is 20.0 Å². The van der Waals surface area contributed by atoms with Crippen molar-refractivity contribution in [1.82, 2.24) is 9.55 Å². The van der Waals surface area contributed by atoms with Crippen LogP contribution in [0.2, 0.25) is 0 Å². The van der Waals surface area contributed by atoms with Gasteiger partial charge in [-0.25, -0.2) is 45.7 Å². The van der Waals surface area contributed by atoms with Crippen LogP contribution in [-0.2, 0) is 56.2 Å². The van der Waals surface area contributed by atoms with Crippen LogP contribution in [0.3, 0.4) is 0 Å². The highest BCUT2D eigenvalue weighted by molar-refractivity contribution is 7.50. The number of ether oxygens (including phenoxy) is 1. The van der Waals surface area contributed by atoms with Crippen LogP contribution in [0.1, 0.15) is 0 Å². The van der Waals surface area contributed by atoms with Gasteiger partial charge < -0.3 is 29.5 Å². The minimum atomic E-state index is -5.41. The van der Waals surface area contributed by atoms with Gasteiger partial charge in [0, 0.05) is 0 Å². The Balaban J connectivity index is 1.50. The molecular formula is C9H4N3O18P3. The molecule has 5 fully saturated rings. The van der Waals surface area contributed by atoms with Gasteiger partial charge in [-0.05, 0) is 0 Å². The second kappa shape index (κ2) is 4.65. The summed E-state index contributed by atoms with van der Waals surface area (Å²) in [6.45, 7) is 0. The Morgan fingerprint density at radius 3 is 2.15 bits per heavy atom. The van der Waals surface area contributed by atoms with Crippen LogP contribution in [0.5, 0.6) is 11.6 Å². The summed E-state index contributed by atoms with van der Waals surface area (Å²) in [7, 11) is -14.7. The Bertz CT molecular complexity index is 1450. The molecule has 6 atom stereocenters. The predicted octanol–water partition coefficient (Wildman–Crippen LogP) is -2.49. The number of phosphoric ester groups is 3. The molecule has 1 aromatic heterocycles. The van der Waals surface area contributed by atoms with Crippen LogP contribution >= 0.6 is 23.5 Å². The molecule has 1 spiro atoms. The molecule has 24 heteroatoms. The van der Waals surface area contributed by atoms with E-state index in [0.717, 1.165) is 0 Å². The first-order valence-electron chi connectivity index (χ1n) is 8.33. The number of fused-ring (bicyclic) bond motifs is 3. The number of aliphatic hydroxyl groups is 4. The van der Waals surface area contributed by atoms with E-state index in [1.807, 2.05) is 0 Å². The van der Waals surface area contributed by atoms with Gasteiger partial charge in [0.2, 0.25) is 11.6 Å². The molecule has 21 nitrogen and oxygen atoms in total. The van der Waals surface area contributed by atoms with Gasteiger partial charge in [-0.1, -0.05) is 5.23 Å². The monoisotopic (exact) mass is 535 g/mol. The number of phosphoric acid groups is 3. The van der Waals surface area contributed by atoms with E-state index >= 15 is 0 Å². The van der Waals surface area contributed by atoms with E-state index in [2.05, 4.69) is 14.0 Å². The number of anilines is 1. The Labute approximate surface area is 176 Å². The molecule has 2 unspecified atom stereocenters. The fraction of sp³-hybridized carbons (Fsp3) is 0.556. The molecular weight excluding hydrogens is 531 g/mol. The van der Waals surface area contributed by atoms with Crippen LogP contribution in [0, 0.1) is 0 Å². The summed E-state index contributed by atoms with van der Waals surface area (Å²) in [5.41, 5.74) is -1.60. The van der Waals surface area contributed by atoms with Gasteiger partial charge in [0.05, 0.1) is 0 Å². The van der Waals surface area contributed by atoms with E-state index in [1.165, 1.54) is 0 Å². The first-order valence-corrected chi connectivity index (χ1v) is 12.7. The third-order valence-corrected chi connectivity index (χ3v) is 9.37. The van der Waals surface area contributed by atoms with Crippen molar-refractivity contribution >= 4 is 29.3 Å². The van der Waals surface area contributed by atoms with Crippen molar-refractivity contribution in [2.45, 2.75) is 29.2 Å². The van der Waals surface area contributed by atoms with Crippen LogP contribution in [-0.4, -0.2) is 53.3 Å². The lowest BCUT2D eigenvalue weighted by Gasteiger charge is -2.39. The molecule has 9 heterocycles. The molecule has 0 saturated carbocycles. The second-order valence-corrected chi connectivity index (χ2v) is 11.6. The van der Waals surface area contributed by atoms with Crippen molar-refractivity contribution in [2.24, 2.45) is 0 Å². The standard InChI is InChI=1S/C9H4N3O18P3/c13-4-10-2-1-3-11(4)8(16)6(15)5(14,7(23-8)9(17)27-32(19,26-7)28-9)24-33(20,25-6)30-12(3)29-31(18,21-1)22-2/h14-17H/t5-,6+,7-,8-,9?,31?,32?,33?/m1/s1. The van der Waals surface area contributed by atoms with Crippen LogP contribution in [0.25, 0.3) is 0 Å². The third-order valence-electron chi connectivity index (χ3n) is 5.47. The summed E-state index contributed by atoms with van der Waals surface area (Å²) >= 11 is 0. The lowest BCUT2D eigenvalue weighted by Crippen LogP contribution is -2.70. The Morgan fingerprint density at radius 2 is 1.48 bits per heavy atom. The molecule has 8 aliphatic rings. The lowest BCUT2D eigenvalue weighted by atomic mass is 9.95. The van der Waals surface area contributed by atoms with Crippen LogP contribution in [0.4, 0.5) is 5.82 Å². The van der Waals surface area contributed by atoms with E-state index in [1.54, 1.807) is 0 Å². The molecule has 1 aromatic rings. The first kappa shape index (κ1) is 19.8. The zero-order chi connectivity index (χ0) is 23.2. The highest BCUT2D eigenvalue weighted by Crippen LogP contribution is 2.86. The SMILES string of the molecule is O=c1nc2c3c4n1[C@]1(O)O[C@@]5(OP6(=O)OC5(O)O6)[C@]5(O)OP(=O)(ON4OP(=O)(O2)O3)O[C@@]51O. The predicted molar refractivity (Wildman–Crippen MR) is 81.5 cm³/mol. The Morgan fingerprint density at radius 1 is 0.818 bits per heavy atom. The summed E-state index contributed by atoms with van der Waals surface area (Å²) in [5, 5.41) is 44.4. The maximum absolute atomic E-state index is 13.2. The number of hydrogen-bond donors (Lipinski definition) is 4. The maximum Gasteiger partial charge on any atom is 0.613 e. The minimum Gasteiger partial charge on any atom is -0.384 e. The molecule has 0 amide bonds. The van der Waals surface area contributed by atoms with Gasteiger partial charge in [-0.2, -0.15) is 4.98 Å². The number of aromatic nitrogens is 2. The van der Waals surface area contributed by atoms with Crippen molar-refractivity contribution in [3.05, 3.63) is 10.5 Å². The lowest BCUT2D eigenvalue weighted by molar-refractivity contribution is -0.463. The van der Waals surface area contributed by atoms with Crippen LogP contribution in [0.15, 0.2) is 4.79 Å². The molecule has 5 saturated heterocycles. The molecule has 4 N–H and O–H groups in total. The summed E-state index contributed by atoms with van der Waals surface area (Å²) in [6.07, 6.45) is 0. The summed E-state index contributed by atoms with van der Waals surface area (Å²) in [5.74, 6) is -20.9. The highest BCUT2D eigenvalue weighted by Gasteiger charge is 3.02. The van der Waals surface area contributed by atoms with E-state index in [0.29, 0.717) is 0 Å². The van der Waals surface area contributed by atoms with Gasteiger partial charge in [-0.3, -0.25) is 4.74 Å². The summed E-state index contributed by atoms with van der Waals surface area (Å²) < 4.78 is 85.9. The zero-order valence-electron chi connectivity index (χ0n) is 14.7. The first-order chi connectivity index (χ1) is 15.1. The van der Waals surface area contributed by atoms with E-state index in [-0.39, 0.29) is 9.79 Å². The highest BCUT2D eigenvalue weighted by atomic mass is 31.2. The molecule has 0 aliphatic carbocycles. The number of hydrogen-bond acceptors (Lipinski definition) is 20. The Kier molecular flexibility index (Phi) is 2.79. The second-order valence-electron chi connectivity index (χ2n) is 7.29. The molecule has 0 aromatic carbocycles. The van der Waals surface area contributed by atoms with Crippen molar-refractivity contribution in [2.75, 3.05) is 5.23 Å². The molecule has 9 rings (SSSR count). The van der Waals surface area contributed by atoms with Gasteiger partial charge in [0.1, 0.15) is 0 Å². The van der Waals surface area contributed by atoms with Crippen molar-refractivity contribution in [1.29, 1.82) is 0 Å². The van der Waals surface area contributed by atoms with Gasteiger partial charge in [0.15, 0.2) is 0 Å². The fourth-order valence-electron chi connectivity index (χ4n) is 4.24. The van der Waals surface area contributed by atoms with Crippen molar-refractivity contribution in [3.63, 3.8) is 0 Å². The molecule has 178 valence electrons. The quantitative estimate of drug-likeness (QED) is 0.250. The maximum atomic E-state index is 13.2. The van der Waals surface area contributed by atoms with Crippen molar-refractivity contribution < 1.29 is 79.8 Å². The molecule has 8 aliphatic heterocycles. The van der Waals surface area contributed by atoms with E-state index < -0.39 is 75.9 Å². The van der Waals surface area contributed by atoms with Gasteiger partial charge in [-0.15, -0.1) is 9.25 Å². The van der Waals surface area contributed by atoms with Gasteiger partial charge in [0.25, 0.3) is 5.88 Å². The zero-order valence-corrected chi connectivity index (χ0v) is 17.4. The summed E-state index contributed by atoms with van der Waals surface area (Å²) in [6, 6.07) is 0. The molecule has 33 heavy (non-hydrogen) atoms. The Hall–Kier alpha value is -1.51. The van der Waals surface area contributed by atoms with E-state index in [4.69, 9.17) is 36.6 Å². The van der Waals surface area contributed by atoms with Gasteiger partial charge >= 0.3 is 58.4 Å². The summed E-state index contributed by atoms with van der Waals surface area (Å²) in [4.78, 5) is 16.2. The smallest absolute Gasteiger partial charge is 0.384 e. The minimum absolute atomic E-state index is 0.0448. The van der Waals surface area contributed by atoms with Crippen molar-refractivity contribution in [3.8, 4) is 11.6 Å². The number of rotatable bonds is 0. The van der Waals surface area contributed by atoms with E-state index in [9.17, 15) is 38.9 Å². The molecule has 6 bridgehead atoms. The average Bonchev–Trinajstić information content (AvgIpc) is 3.25. The average molecular weight is 535 g/mol. The normalized spacial score (nSPS) is 58.0. The molecule has 0 radical (unpaired) electrons. The largest absolute Gasteiger partial charge is 0.613 e. The number of nitrogens with zero attached hydrogens (tertiary/aromatic N) is 3. The third kappa shape index (κ3) is 1.70.